The van der Waals surface area contributed by atoms with Gasteiger partial charge < -0.3 is 15.4 Å². The number of hydrogen-bond acceptors (Lipinski definition) is 4. The Morgan fingerprint density at radius 1 is 1.14 bits per heavy atom. The second kappa shape index (κ2) is 9.05. The molecule has 0 radical (unpaired) electrons. The van der Waals surface area contributed by atoms with Crippen molar-refractivity contribution >= 4 is 17.5 Å². The van der Waals surface area contributed by atoms with E-state index in [-0.39, 0.29) is 17.7 Å². The number of hydrogen-bond donors (Lipinski definition) is 2. The van der Waals surface area contributed by atoms with Gasteiger partial charge in [-0.25, -0.2) is 4.68 Å². The molecular formula is C22H24N4O3. The Labute approximate surface area is 169 Å². The molecule has 29 heavy (non-hydrogen) atoms. The third-order valence-corrected chi connectivity index (χ3v) is 4.35. The predicted octanol–water partition coefficient (Wildman–Crippen LogP) is 3.41. The van der Waals surface area contributed by atoms with Gasteiger partial charge in [0.1, 0.15) is 5.75 Å². The third-order valence-electron chi connectivity index (χ3n) is 4.35. The molecule has 0 saturated heterocycles. The minimum Gasteiger partial charge on any atom is -0.497 e. The van der Waals surface area contributed by atoms with Gasteiger partial charge in [0.2, 0.25) is 5.91 Å². The number of methoxy groups -OCH3 is 1. The van der Waals surface area contributed by atoms with E-state index in [0.717, 1.165) is 11.3 Å². The minimum atomic E-state index is -0.206. The largest absolute Gasteiger partial charge is 0.497 e. The smallest absolute Gasteiger partial charge is 0.255 e. The zero-order valence-electron chi connectivity index (χ0n) is 16.7. The van der Waals surface area contributed by atoms with Crippen LogP contribution in [0.15, 0.2) is 60.9 Å². The highest BCUT2D eigenvalue weighted by atomic mass is 16.5. The number of rotatable bonds is 7. The molecule has 3 rings (SSSR count). The fourth-order valence-electron chi connectivity index (χ4n) is 2.66. The molecule has 1 aromatic heterocycles. The van der Waals surface area contributed by atoms with Crippen LogP contribution < -0.4 is 15.4 Å². The maximum Gasteiger partial charge on any atom is 0.255 e. The lowest BCUT2D eigenvalue weighted by Crippen LogP contribution is -2.26. The highest BCUT2D eigenvalue weighted by Crippen LogP contribution is 2.18. The second-order valence-corrected chi connectivity index (χ2v) is 6.90. The van der Waals surface area contributed by atoms with Crippen LogP contribution in [0.1, 0.15) is 29.8 Å². The van der Waals surface area contributed by atoms with Gasteiger partial charge in [-0.1, -0.05) is 19.9 Å². The van der Waals surface area contributed by atoms with Gasteiger partial charge in [0, 0.05) is 41.5 Å². The van der Waals surface area contributed by atoms with Crippen molar-refractivity contribution in [2.75, 3.05) is 12.4 Å². The highest BCUT2D eigenvalue weighted by molar-refractivity contribution is 6.04. The van der Waals surface area contributed by atoms with Gasteiger partial charge in [-0.15, -0.1) is 0 Å². The van der Waals surface area contributed by atoms with E-state index in [2.05, 4.69) is 15.7 Å². The van der Waals surface area contributed by atoms with Crippen LogP contribution in [0, 0.1) is 5.92 Å². The van der Waals surface area contributed by atoms with Crippen LogP contribution in [-0.4, -0.2) is 28.7 Å². The monoisotopic (exact) mass is 392 g/mol. The van der Waals surface area contributed by atoms with Crippen LogP contribution in [0.4, 0.5) is 5.69 Å². The number of nitrogens with zero attached hydrogens (tertiary/aromatic N) is 2. The number of ether oxygens (including phenoxy) is 1. The van der Waals surface area contributed by atoms with E-state index < -0.39 is 0 Å². The molecule has 2 amide bonds. The normalized spacial score (nSPS) is 10.6. The lowest BCUT2D eigenvalue weighted by atomic mass is 10.2. The number of aromatic nitrogens is 2. The molecule has 1 heterocycles. The fraction of sp³-hybridized carbons (Fsp3) is 0.227. The van der Waals surface area contributed by atoms with Gasteiger partial charge in [-0.3, -0.25) is 9.59 Å². The van der Waals surface area contributed by atoms with Crippen LogP contribution >= 0.6 is 0 Å². The molecule has 0 aliphatic carbocycles. The van der Waals surface area contributed by atoms with E-state index >= 15 is 0 Å². The summed E-state index contributed by atoms with van der Waals surface area (Å²) in [5.74, 6) is 0.421. The van der Waals surface area contributed by atoms with E-state index in [1.807, 2.05) is 44.3 Å². The molecule has 0 spiro atoms. The van der Waals surface area contributed by atoms with Crippen molar-refractivity contribution in [2.45, 2.75) is 20.4 Å². The molecule has 2 aromatic carbocycles. The van der Waals surface area contributed by atoms with E-state index in [4.69, 9.17) is 4.74 Å². The first kappa shape index (κ1) is 20.1. The molecule has 0 aliphatic rings. The molecular weight excluding hydrogens is 368 g/mol. The van der Waals surface area contributed by atoms with Gasteiger partial charge in [-0.2, -0.15) is 5.10 Å². The molecule has 7 heteroatoms. The first-order valence-corrected chi connectivity index (χ1v) is 9.33. The summed E-state index contributed by atoms with van der Waals surface area (Å²) in [7, 11) is 1.58. The Bertz CT molecular complexity index is 993. The molecule has 3 aromatic rings. The van der Waals surface area contributed by atoms with Gasteiger partial charge in [0.05, 0.1) is 19.0 Å². The summed E-state index contributed by atoms with van der Waals surface area (Å²) in [6.45, 7) is 4.13. The molecule has 150 valence electrons. The van der Waals surface area contributed by atoms with Crippen molar-refractivity contribution in [3.63, 3.8) is 0 Å². The number of amides is 2. The summed E-state index contributed by atoms with van der Waals surface area (Å²) in [4.78, 5) is 24.1. The molecule has 0 atom stereocenters. The fourth-order valence-corrected chi connectivity index (χ4v) is 2.66. The van der Waals surface area contributed by atoms with E-state index in [0.29, 0.717) is 23.5 Å². The van der Waals surface area contributed by atoms with Crippen molar-refractivity contribution in [1.29, 1.82) is 0 Å². The van der Waals surface area contributed by atoms with Crippen LogP contribution in [0.2, 0.25) is 0 Å². The Hall–Kier alpha value is -3.61. The van der Waals surface area contributed by atoms with Crippen molar-refractivity contribution in [3.8, 4) is 11.4 Å². The molecule has 0 aliphatic heterocycles. The van der Waals surface area contributed by atoms with Gasteiger partial charge >= 0.3 is 0 Å². The minimum absolute atomic E-state index is 0.00384. The van der Waals surface area contributed by atoms with E-state index in [1.165, 1.54) is 0 Å². The Morgan fingerprint density at radius 2 is 1.90 bits per heavy atom. The van der Waals surface area contributed by atoms with Crippen LogP contribution in [0.3, 0.4) is 0 Å². The number of carbonyl (C=O) groups excluding carboxylic acids is 2. The first-order chi connectivity index (χ1) is 14.0. The molecule has 0 bridgehead atoms. The standard InChI is InChI=1S/C22H24N4O3/c1-15(2)21(27)23-12-16-13-24-26(14-16)19-9-7-17(8-10-19)22(28)25-18-5-4-6-20(11-18)29-3/h4-11,13-15H,12H2,1-3H3,(H,23,27)(H,25,28). The van der Waals surface area contributed by atoms with Crippen LogP contribution in [0.5, 0.6) is 5.75 Å². The van der Waals surface area contributed by atoms with Crippen molar-refractivity contribution < 1.29 is 14.3 Å². The lowest BCUT2D eigenvalue weighted by Gasteiger charge is -2.08. The average molecular weight is 392 g/mol. The quantitative estimate of drug-likeness (QED) is 0.645. The van der Waals surface area contributed by atoms with Crippen molar-refractivity contribution in [1.82, 2.24) is 15.1 Å². The summed E-state index contributed by atoms with van der Waals surface area (Å²) in [6, 6.07) is 14.3. The average Bonchev–Trinajstić information content (AvgIpc) is 3.21. The van der Waals surface area contributed by atoms with E-state index in [1.54, 1.807) is 42.3 Å². The number of benzene rings is 2. The van der Waals surface area contributed by atoms with Crippen LogP contribution in [0.25, 0.3) is 5.69 Å². The maximum atomic E-state index is 12.5. The van der Waals surface area contributed by atoms with Gasteiger partial charge in [0.15, 0.2) is 0 Å². The predicted molar refractivity (Wildman–Crippen MR) is 111 cm³/mol. The Balaban J connectivity index is 1.64. The molecule has 0 saturated carbocycles. The summed E-state index contributed by atoms with van der Waals surface area (Å²) in [6.07, 6.45) is 3.57. The second-order valence-electron chi connectivity index (χ2n) is 6.90. The van der Waals surface area contributed by atoms with Crippen molar-refractivity contribution in [2.24, 2.45) is 5.92 Å². The molecule has 2 N–H and O–H groups in total. The molecule has 7 nitrogen and oxygen atoms in total. The third kappa shape index (κ3) is 5.22. The molecule has 0 fully saturated rings. The topological polar surface area (TPSA) is 85.2 Å². The van der Waals surface area contributed by atoms with Crippen molar-refractivity contribution in [3.05, 3.63) is 72.1 Å². The van der Waals surface area contributed by atoms with Crippen LogP contribution in [-0.2, 0) is 11.3 Å². The number of nitrogens with one attached hydrogen (secondary N) is 2. The summed E-state index contributed by atoms with van der Waals surface area (Å²) in [5, 5.41) is 10.0. The lowest BCUT2D eigenvalue weighted by molar-refractivity contribution is -0.124. The highest BCUT2D eigenvalue weighted by Gasteiger charge is 2.09. The number of anilines is 1. The molecule has 0 unspecified atom stereocenters. The zero-order valence-corrected chi connectivity index (χ0v) is 16.7. The van der Waals surface area contributed by atoms with Gasteiger partial charge in [-0.05, 0) is 36.4 Å². The summed E-state index contributed by atoms with van der Waals surface area (Å²) in [5.41, 5.74) is 2.93. The Morgan fingerprint density at radius 3 is 2.59 bits per heavy atom. The summed E-state index contributed by atoms with van der Waals surface area (Å²) < 4.78 is 6.88. The first-order valence-electron chi connectivity index (χ1n) is 9.33. The Kier molecular flexibility index (Phi) is 6.29. The number of carbonyl (C=O) groups is 2. The maximum absolute atomic E-state index is 12.5. The zero-order chi connectivity index (χ0) is 20.8. The SMILES string of the molecule is COc1cccc(NC(=O)c2ccc(-n3cc(CNC(=O)C(C)C)cn3)cc2)c1. The summed E-state index contributed by atoms with van der Waals surface area (Å²) >= 11 is 0. The van der Waals surface area contributed by atoms with Gasteiger partial charge in [0.25, 0.3) is 5.91 Å². The van der Waals surface area contributed by atoms with E-state index in [9.17, 15) is 9.59 Å².